The van der Waals surface area contributed by atoms with Crippen molar-refractivity contribution in [2.45, 2.75) is 45.7 Å². The van der Waals surface area contributed by atoms with Gasteiger partial charge in [0.1, 0.15) is 0 Å². The van der Waals surface area contributed by atoms with E-state index < -0.39 is 5.97 Å². The molecule has 0 spiro atoms. The lowest BCUT2D eigenvalue weighted by molar-refractivity contribution is 0.0687. The largest absolute Gasteiger partial charge is 0.476 e. The Kier molecular flexibility index (Phi) is 5.01. The first-order valence-corrected chi connectivity index (χ1v) is 10.0. The molecule has 150 valence electrons. The fourth-order valence-electron chi connectivity index (χ4n) is 3.94. The molecular weight excluding hydrogens is 362 g/mol. The van der Waals surface area contributed by atoms with Crippen molar-refractivity contribution in [2.24, 2.45) is 0 Å². The van der Waals surface area contributed by atoms with E-state index in [2.05, 4.69) is 55.0 Å². The number of carbonyl (C=O) groups is 1. The number of carboxylic acid groups (broad SMARTS) is 1. The van der Waals surface area contributed by atoms with Gasteiger partial charge in [0.25, 0.3) is 0 Å². The standard InChI is InChI=1S/C24H27N3O2/c1-24(2,3)18-9-11-19(12-10-18)27-21-13-14-26(15-17-7-5-4-6-8-17)16-20(21)22(25-27)23(28)29/h4-12H,13-16H2,1-3H3,(H,28,29). The van der Waals surface area contributed by atoms with Crippen LogP contribution in [0.1, 0.15) is 53.6 Å². The highest BCUT2D eigenvalue weighted by atomic mass is 16.4. The van der Waals surface area contributed by atoms with E-state index in [-0.39, 0.29) is 11.1 Å². The Bertz CT molecular complexity index is 1010. The summed E-state index contributed by atoms with van der Waals surface area (Å²) in [5.74, 6) is -0.965. The second-order valence-electron chi connectivity index (χ2n) is 8.73. The molecule has 1 aliphatic heterocycles. The van der Waals surface area contributed by atoms with E-state index in [0.717, 1.165) is 36.5 Å². The summed E-state index contributed by atoms with van der Waals surface area (Å²) >= 11 is 0. The molecule has 4 rings (SSSR count). The molecule has 0 unspecified atom stereocenters. The zero-order valence-corrected chi connectivity index (χ0v) is 17.2. The van der Waals surface area contributed by atoms with E-state index in [1.165, 1.54) is 11.1 Å². The number of benzene rings is 2. The summed E-state index contributed by atoms with van der Waals surface area (Å²) in [6.07, 6.45) is 0.781. The van der Waals surface area contributed by atoms with E-state index in [1.807, 2.05) is 35.0 Å². The normalized spacial score (nSPS) is 14.6. The summed E-state index contributed by atoms with van der Waals surface area (Å²) in [5.41, 5.74) is 5.48. The summed E-state index contributed by atoms with van der Waals surface area (Å²) in [6, 6.07) is 18.6. The lowest BCUT2D eigenvalue weighted by Gasteiger charge is -2.27. The average Bonchev–Trinajstić information content (AvgIpc) is 3.07. The van der Waals surface area contributed by atoms with Gasteiger partial charge in [0.2, 0.25) is 0 Å². The third-order valence-corrected chi connectivity index (χ3v) is 5.57. The molecule has 0 fully saturated rings. The second kappa shape index (κ2) is 7.48. The summed E-state index contributed by atoms with van der Waals surface area (Å²) in [7, 11) is 0. The first-order chi connectivity index (χ1) is 13.8. The van der Waals surface area contributed by atoms with Gasteiger partial charge in [-0.15, -0.1) is 0 Å². The lowest BCUT2D eigenvalue weighted by atomic mass is 9.87. The van der Waals surface area contributed by atoms with E-state index in [0.29, 0.717) is 6.54 Å². The summed E-state index contributed by atoms with van der Waals surface area (Å²) in [4.78, 5) is 14.2. The molecule has 0 saturated heterocycles. The van der Waals surface area contributed by atoms with Crippen LogP contribution in [0.5, 0.6) is 0 Å². The lowest BCUT2D eigenvalue weighted by Crippen LogP contribution is -2.31. The molecule has 0 aliphatic carbocycles. The topological polar surface area (TPSA) is 58.4 Å². The third-order valence-electron chi connectivity index (χ3n) is 5.57. The van der Waals surface area contributed by atoms with Crippen LogP contribution in [0.3, 0.4) is 0 Å². The zero-order valence-electron chi connectivity index (χ0n) is 17.2. The molecule has 0 atom stereocenters. The third kappa shape index (κ3) is 3.96. The highest BCUT2D eigenvalue weighted by Gasteiger charge is 2.28. The van der Waals surface area contributed by atoms with Gasteiger partial charge in [0.05, 0.1) is 11.4 Å². The van der Waals surface area contributed by atoms with Crippen molar-refractivity contribution in [1.82, 2.24) is 14.7 Å². The maximum absolute atomic E-state index is 11.9. The van der Waals surface area contributed by atoms with E-state index >= 15 is 0 Å². The van der Waals surface area contributed by atoms with Gasteiger partial charge in [0, 0.05) is 31.6 Å². The zero-order chi connectivity index (χ0) is 20.6. The van der Waals surface area contributed by atoms with Crippen LogP contribution in [0.25, 0.3) is 5.69 Å². The Balaban J connectivity index is 1.65. The predicted octanol–water partition coefficient (Wildman–Crippen LogP) is 4.43. The minimum absolute atomic E-state index is 0.0756. The SMILES string of the molecule is CC(C)(C)c1ccc(-n2nc(C(=O)O)c3c2CCN(Cc2ccccc2)C3)cc1. The van der Waals surface area contributed by atoms with E-state index in [4.69, 9.17) is 0 Å². The Morgan fingerprint density at radius 1 is 1.07 bits per heavy atom. The number of rotatable bonds is 4. The molecule has 0 bridgehead atoms. The van der Waals surface area contributed by atoms with Crippen LogP contribution in [-0.4, -0.2) is 32.3 Å². The fourth-order valence-corrected chi connectivity index (χ4v) is 3.94. The number of fused-ring (bicyclic) bond motifs is 1. The van der Waals surface area contributed by atoms with Gasteiger partial charge in [0.15, 0.2) is 5.69 Å². The van der Waals surface area contributed by atoms with Crippen LogP contribution in [0.4, 0.5) is 0 Å². The van der Waals surface area contributed by atoms with Gasteiger partial charge in [-0.2, -0.15) is 5.10 Å². The maximum atomic E-state index is 11.9. The number of aromatic carboxylic acids is 1. The van der Waals surface area contributed by atoms with Crippen LogP contribution >= 0.6 is 0 Å². The molecule has 1 aromatic heterocycles. The fraction of sp³-hybridized carbons (Fsp3) is 0.333. The van der Waals surface area contributed by atoms with Crippen LogP contribution in [0, 0.1) is 0 Å². The van der Waals surface area contributed by atoms with Gasteiger partial charge in [-0.05, 0) is 28.7 Å². The number of nitrogens with zero attached hydrogens (tertiary/aromatic N) is 3. The number of carboxylic acids is 1. The van der Waals surface area contributed by atoms with Gasteiger partial charge in [-0.1, -0.05) is 63.2 Å². The smallest absolute Gasteiger partial charge is 0.356 e. The molecule has 1 aliphatic rings. The molecule has 5 nitrogen and oxygen atoms in total. The van der Waals surface area contributed by atoms with Crippen LogP contribution in [0.15, 0.2) is 54.6 Å². The molecule has 2 heterocycles. The summed E-state index contributed by atoms with van der Waals surface area (Å²) in [5, 5.41) is 14.2. The monoisotopic (exact) mass is 389 g/mol. The summed E-state index contributed by atoms with van der Waals surface area (Å²) < 4.78 is 1.82. The molecule has 0 radical (unpaired) electrons. The van der Waals surface area contributed by atoms with Gasteiger partial charge in [-0.3, -0.25) is 4.90 Å². The predicted molar refractivity (Wildman–Crippen MR) is 113 cm³/mol. The van der Waals surface area contributed by atoms with Crippen molar-refractivity contribution in [3.63, 3.8) is 0 Å². The van der Waals surface area contributed by atoms with Crippen molar-refractivity contribution in [3.05, 3.63) is 82.7 Å². The number of aromatic nitrogens is 2. The Hall–Kier alpha value is -2.92. The maximum Gasteiger partial charge on any atom is 0.356 e. The van der Waals surface area contributed by atoms with Gasteiger partial charge >= 0.3 is 5.97 Å². The van der Waals surface area contributed by atoms with Crippen molar-refractivity contribution in [1.29, 1.82) is 0 Å². The first-order valence-electron chi connectivity index (χ1n) is 10.0. The van der Waals surface area contributed by atoms with Crippen molar-refractivity contribution >= 4 is 5.97 Å². The van der Waals surface area contributed by atoms with E-state index in [1.54, 1.807) is 0 Å². The molecule has 2 aromatic carbocycles. The Morgan fingerprint density at radius 3 is 2.38 bits per heavy atom. The number of hydrogen-bond acceptors (Lipinski definition) is 3. The van der Waals surface area contributed by atoms with Gasteiger partial charge < -0.3 is 5.11 Å². The van der Waals surface area contributed by atoms with Crippen LogP contribution in [-0.2, 0) is 24.9 Å². The van der Waals surface area contributed by atoms with Crippen LogP contribution in [0.2, 0.25) is 0 Å². The minimum Gasteiger partial charge on any atom is -0.476 e. The molecule has 0 saturated carbocycles. The first kappa shape index (κ1) is 19.4. The molecule has 3 aromatic rings. The summed E-state index contributed by atoms with van der Waals surface area (Å²) in [6.45, 7) is 8.84. The van der Waals surface area contributed by atoms with Crippen molar-refractivity contribution in [2.75, 3.05) is 6.54 Å². The van der Waals surface area contributed by atoms with E-state index in [9.17, 15) is 9.90 Å². The minimum atomic E-state index is -0.965. The molecule has 5 heteroatoms. The quantitative estimate of drug-likeness (QED) is 0.717. The molecule has 1 N–H and O–H groups in total. The Morgan fingerprint density at radius 2 is 1.76 bits per heavy atom. The van der Waals surface area contributed by atoms with Crippen LogP contribution < -0.4 is 0 Å². The average molecular weight is 389 g/mol. The number of hydrogen-bond donors (Lipinski definition) is 1. The highest BCUT2D eigenvalue weighted by molar-refractivity contribution is 5.87. The molecule has 29 heavy (non-hydrogen) atoms. The highest BCUT2D eigenvalue weighted by Crippen LogP contribution is 2.28. The molecule has 0 amide bonds. The molecular formula is C24H27N3O2. The Labute approximate surface area is 171 Å². The van der Waals surface area contributed by atoms with Gasteiger partial charge in [-0.25, -0.2) is 9.48 Å². The van der Waals surface area contributed by atoms with Crippen molar-refractivity contribution in [3.8, 4) is 5.69 Å². The van der Waals surface area contributed by atoms with Crippen molar-refractivity contribution < 1.29 is 9.90 Å². The second-order valence-corrected chi connectivity index (χ2v) is 8.73.